The Labute approximate surface area is 116 Å². The lowest BCUT2D eigenvalue weighted by Crippen LogP contribution is -2.34. The average molecular weight is 281 g/mol. The van der Waals surface area contributed by atoms with Crippen LogP contribution in [0.15, 0.2) is 24.3 Å². The van der Waals surface area contributed by atoms with Crippen molar-refractivity contribution in [3.8, 4) is 0 Å². The molecule has 1 fully saturated rings. The number of allylic oxidation sites excluding steroid dienone is 1. The molecule has 0 heterocycles. The van der Waals surface area contributed by atoms with Crippen molar-refractivity contribution in [2.24, 2.45) is 0 Å². The van der Waals surface area contributed by atoms with Gasteiger partial charge in [-0.25, -0.2) is 8.78 Å². The van der Waals surface area contributed by atoms with Gasteiger partial charge in [-0.2, -0.15) is 0 Å². The van der Waals surface area contributed by atoms with Gasteiger partial charge in [0.05, 0.1) is 6.61 Å². The van der Waals surface area contributed by atoms with Crippen molar-refractivity contribution in [1.82, 2.24) is 4.90 Å². The Morgan fingerprint density at radius 2 is 2.15 bits per heavy atom. The van der Waals surface area contributed by atoms with E-state index in [4.69, 9.17) is 5.11 Å². The van der Waals surface area contributed by atoms with E-state index >= 15 is 0 Å². The number of benzene rings is 1. The van der Waals surface area contributed by atoms with Gasteiger partial charge in [0.2, 0.25) is 5.91 Å². The molecule has 0 aliphatic heterocycles. The molecule has 0 unspecified atom stereocenters. The number of hydrogen-bond acceptors (Lipinski definition) is 2. The minimum Gasteiger partial charge on any atom is -0.395 e. The summed E-state index contributed by atoms with van der Waals surface area (Å²) >= 11 is 0. The molecule has 1 aliphatic carbocycles. The van der Waals surface area contributed by atoms with Crippen LogP contribution < -0.4 is 0 Å². The molecule has 0 atom stereocenters. The quantitative estimate of drug-likeness (QED) is 0.842. The van der Waals surface area contributed by atoms with Gasteiger partial charge in [0, 0.05) is 30.3 Å². The zero-order valence-corrected chi connectivity index (χ0v) is 11.3. The maximum atomic E-state index is 13.6. The highest BCUT2D eigenvalue weighted by Gasteiger charge is 2.31. The summed E-state index contributed by atoms with van der Waals surface area (Å²) in [7, 11) is 0. The van der Waals surface area contributed by atoms with Crippen LogP contribution in [-0.4, -0.2) is 35.1 Å². The van der Waals surface area contributed by atoms with Gasteiger partial charge in [0.25, 0.3) is 0 Å². The maximum Gasteiger partial charge on any atom is 0.247 e. The van der Waals surface area contributed by atoms with E-state index in [1.165, 1.54) is 12.1 Å². The van der Waals surface area contributed by atoms with Gasteiger partial charge in [-0.1, -0.05) is 0 Å². The summed E-state index contributed by atoms with van der Waals surface area (Å²) in [6, 6.07) is 3.45. The predicted molar refractivity (Wildman–Crippen MR) is 71.8 cm³/mol. The molecule has 0 spiro atoms. The highest BCUT2D eigenvalue weighted by molar-refractivity contribution is 5.95. The molecule has 0 saturated heterocycles. The molecule has 0 radical (unpaired) electrons. The molecule has 3 nitrogen and oxygen atoms in total. The fourth-order valence-electron chi connectivity index (χ4n) is 2.12. The Bertz CT molecular complexity index is 539. The molecule has 1 N–H and O–H groups in total. The lowest BCUT2D eigenvalue weighted by atomic mass is 10.1. The van der Waals surface area contributed by atoms with Crippen LogP contribution in [0, 0.1) is 11.6 Å². The lowest BCUT2D eigenvalue weighted by molar-refractivity contribution is -0.127. The van der Waals surface area contributed by atoms with Crippen LogP contribution in [0.1, 0.15) is 25.3 Å². The van der Waals surface area contributed by atoms with E-state index in [0.717, 1.165) is 25.0 Å². The van der Waals surface area contributed by atoms with Crippen molar-refractivity contribution < 1.29 is 18.7 Å². The van der Waals surface area contributed by atoms with Gasteiger partial charge in [-0.15, -0.1) is 0 Å². The van der Waals surface area contributed by atoms with Crippen LogP contribution in [0.3, 0.4) is 0 Å². The number of amides is 1. The summed E-state index contributed by atoms with van der Waals surface area (Å²) in [5, 5.41) is 8.97. The third-order valence-corrected chi connectivity index (χ3v) is 3.31. The normalized spacial score (nSPS) is 15.3. The predicted octanol–water partition coefficient (Wildman–Crippen LogP) is 2.35. The Kier molecular flexibility index (Phi) is 4.49. The van der Waals surface area contributed by atoms with Crippen molar-refractivity contribution >= 4 is 11.5 Å². The summed E-state index contributed by atoms with van der Waals surface area (Å²) in [5.41, 5.74) is 0.649. The molecular weight excluding hydrogens is 264 g/mol. The van der Waals surface area contributed by atoms with E-state index < -0.39 is 11.6 Å². The molecule has 1 amide bonds. The van der Waals surface area contributed by atoms with E-state index in [1.807, 2.05) is 0 Å². The highest BCUT2D eigenvalue weighted by atomic mass is 19.1. The minimum atomic E-state index is -0.688. The number of aliphatic hydroxyl groups excluding tert-OH is 1. The van der Waals surface area contributed by atoms with Crippen LogP contribution in [0.4, 0.5) is 8.78 Å². The Morgan fingerprint density at radius 3 is 2.70 bits per heavy atom. The molecule has 1 saturated carbocycles. The number of hydrogen-bond donors (Lipinski definition) is 1. The van der Waals surface area contributed by atoms with Gasteiger partial charge in [0.1, 0.15) is 11.6 Å². The van der Waals surface area contributed by atoms with Gasteiger partial charge >= 0.3 is 0 Å². The molecule has 1 aromatic rings. The minimum absolute atomic E-state index is 0.0972. The van der Waals surface area contributed by atoms with Crippen molar-refractivity contribution in [3.63, 3.8) is 0 Å². The standard InChI is InChI=1S/C15H17F2NO2/c1-10(13-5-2-11(16)9-14(13)17)8-15(20)18(6-7-19)12-3-4-12/h2,5,8-9,12,19H,3-4,6-7H2,1H3/b10-8-. The molecule has 20 heavy (non-hydrogen) atoms. The van der Waals surface area contributed by atoms with E-state index in [2.05, 4.69) is 0 Å². The van der Waals surface area contributed by atoms with Crippen molar-refractivity contribution in [1.29, 1.82) is 0 Å². The molecule has 0 aromatic heterocycles. The van der Waals surface area contributed by atoms with Crippen LogP contribution in [0.2, 0.25) is 0 Å². The van der Waals surface area contributed by atoms with Gasteiger partial charge in [-0.3, -0.25) is 4.79 Å². The van der Waals surface area contributed by atoms with Gasteiger partial charge in [0.15, 0.2) is 0 Å². The number of halogens is 2. The number of rotatable bonds is 5. The Balaban J connectivity index is 2.17. The largest absolute Gasteiger partial charge is 0.395 e. The molecule has 1 aliphatic rings. The summed E-state index contributed by atoms with van der Waals surface area (Å²) in [5.74, 6) is -1.58. The second-order valence-electron chi connectivity index (χ2n) is 4.94. The van der Waals surface area contributed by atoms with Gasteiger partial charge < -0.3 is 10.0 Å². The fourth-order valence-corrected chi connectivity index (χ4v) is 2.12. The third kappa shape index (κ3) is 3.42. The van der Waals surface area contributed by atoms with Crippen LogP contribution in [-0.2, 0) is 4.79 Å². The third-order valence-electron chi connectivity index (χ3n) is 3.31. The van der Waals surface area contributed by atoms with Crippen molar-refractivity contribution in [2.75, 3.05) is 13.2 Å². The molecule has 108 valence electrons. The van der Waals surface area contributed by atoms with Crippen LogP contribution in [0.25, 0.3) is 5.57 Å². The second kappa shape index (κ2) is 6.13. The first-order chi connectivity index (χ1) is 9.52. The first-order valence-corrected chi connectivity index (χ1v) is 6.58. The van der Waals surface area contributed by atoms with E-state index in [-0.39, 0.29) is 30.7 Å². The van der Waals surface area contributed by atoms with E-state index in [1.54, 1.807) is 11.8 Å². The van der Waals surface area contributed by atoms with E-state index in [0.29, 0.717) is 5.57 Å². The van der Waals surface area contributed by atoms with Gasteiger partial charge in [-0.05, 0) is 37.5 Å². The molecule has 2 rings (SSSR count). The van der Waals surface area contributed by atoms with Crippen LogP contribution in [0.5, 0.6) is 0 Å². The first kappa shape index (κ1) is 14.7. The topological polar surface area (TPSA) is 40.5 Å². The number of nitrogens with zero attached hydrogens (tertiary/aromatic N) is 1. The van der Waals surface area contributed by atoms with Crippen molar-refractivity contribution in [3.05, 3.63) is 41.5 Å². The monoisotopic (exact) mass is 281 g/mol. The Morgan fingerprint density at radius 1 is 1.45 bits per heavy atom. The molecule has 1 aromatic carbocycles. The molecular formula is C15H17F2NO2. The maximum absolute atomic E-state index is 13.6. The zero-order valence-electron chi connectivity index (χ0n) is 11.3. The lowest BCUT2D eigenvalue weighted by Gasteiger charge is -2.19. The van der Waals surface area contributed by atoms with Crippen LogP contribution >= 0.6 is 0 Å². The summed E-state index contributed by atoms with van der Waals surface area (Å²) in [4.78, 5) is 13.7. The number of carbonyl (C=O) groups is 1. The smallest absolute Gasteiger partial charge is 0.247 e. The Hall–Kier alpha value is -1.75. The fraction of sp³-hybridized carbons (Fsp3) is 0.400. The number of carbonyl (C=O) groups excluding carboxylic acids is 1. The second-order valence-corrected chi connectivity index (χ2v) is 4.94. The first-order valence-electron chi connectivity index (χ1n) is 6.58. The average Bonchev–Trinajstić information content (AvgIpc) is 3.19. The SMILES string of the molecule is C/C(=C/C(=O)N(CCO)C1CC1)c1ccc(F)cc1F. The summed E-state index contributed by atoms with van der Waals surface area (Å²) in [6.45, 7) is 1.79. The molecule has 0 bridgehead atoms. The zero-order chi connectivity index (χ0) is 14.7. The highest BCUT2D eigenvalue weighted by Crippen LogP contribution is 2.27. The summed E-state index contributed by atoms with van der Waals surface area (Å²) < 4.78 is 26.5. The van der Waals surface area contributed by atoms with Crippen molar-refractivity contribution in [2.45, 2.75) is 25.8 Å². The summed E-state index contributed by atoms with van der Waals surface area (Å²) in [6.07, 6.45) is 3.21. The number of aliphatic hydroxyl groups is 1. The molecule has 5 heteroatoms. The van der Waals surface area contributed by atoms with E-state index in [9.17, 15) is 13.6 Å².